The molecule has 0 radical (unpaired) electrons. The van der Waals surface area contributed by atoms with Crippen LogP contribution in [0.4, 0.5) is 14.6 Å². The van der Waals surface area contributed by atoms with Crippen molar-refractivity contribution in [3.05, 3.63) is 22.7 Å². The molecule has 2 heterocycles. The third kappa shape index (κ3) is 9.05. The average molecular weight is 496 g/mol. The SMILES string of the molecule is CCCCCCOP(=O)(OCCCCCC)OCC1CC(F)(F)C(n2ccc(N)nc2=O)O1. The minimum absolute atomic E-state index is 0.0782. The van der Waals surface area contributed by atoms with Gasteiger partial charge in [0, 0.05) is 12.6 Å². The van der Waals surface area contributed by atoms with Crippen molar-refractivity contribution >= 4 is 13.6 Å². The van der Waals surface area contributed by atoms with Gasteiger partial charge in [0.05, 0.1) is 25.9 Å². The van der Waals surface area contributed by atoms with E-state index in [2.05, 4.69) is 18.8 Å². The zero-order chi connectivity index (χ0) is 24.3. The lowest BCUT2D eigenvalue weighted by molar-refractivity contribution is -0.120. The molecule has 0 aromatic carbocycles. The lowest BCUT2D eigenvalue weighted by Crippen LogP contribution is -2.35. The molecule has 2 unspecified atom stereocenters. The number of anilines is 1. The van der Waals surface area contributed by atoms with Crippen LogP contribution in [0.5, 0.6) is 0 Å². The van der Waals surface area contributed by atoms with E-state index in [1.54, 1.807) is 0 Å². The van der Waals surface area contributed by atoms with E-state index in [-0.39, 0.29) is 19.0 Å². The monoisotopic (exact) mass is 495 g/mol. The van der Waals surface area contributed by atoms with Crippen molar-refractivity contribution in [3.8, 4) is 0 Å². The van der Waals surface area contributed by atoms with Crippen LogP contribution in [0.25, 0.3) is 0 Å². The van der Waals surface area contributed by atoms with Crippen LogP contribution in [0.2, 0.25) is 0 Å². The number of nitrogen functional groups attached to an aromatic ring is 1. The Morgan fingerprint density at radius 2 is 1.73 bits per heavy atom. The summed E-state index contributed by atoms with van der Waals surface area (Å²) in [5.41, 5.74) is 4.47. The third-order valence-corrected chi connectivity index (χ3v) is 6.66. The van der Waals surface area contributed by atoms with Crippen molar-refractivity contribution in [2.75, 3.05) is 25.6 Å². The molecule has 0 aliphatic carbocycles. The van der Waals surface area contributed by atoms with Crippen LogP contribution in [0.3, 0.4) is 0 Å². The summed E-state index contributed by atoms with van der Waals surface area (Å²) in [6.45, 7) is 4.09. The molecule has 0 spiro atoms. The van der Waals surface area contributed by atoms with Gasteiger partial charge in [0.2, 0.25) is 6.23 Å². The first-order valence-electron chi connectivity index (χ1n) is 11.6. The van der Waals surface area contributed by atoms with Crippen molar-refractivity contribution in [3.63, 3.8) is 0 Å². The summed E-state index contributed by atoms with van der Waals surface area (Å²) in [5.74, 6) is -3.44. The third-order valence-electron chi connectivity index (χ3n) is 5.20. The summed E-state index contributed by atoms with van der Waals surface area (Å²) in [4.78, 5) is 15.4. The summed E-state index contributed by atoms with van der Waals surface area (Å²) in [6, 6.07) is 1.23. The van der Waals surface area contributed by atoms with Gasteiger partial charge in [-0.05, 0) is 18.9 Å². The Hall–Kier alpha value is -1.39. The quantitative estimate of drug-likeness (QED) is 0.250. The average Bonchev–Trinajstić information content (AvgIpc) is 3.06. The van der Waals surface area contributed by atoms with Crippen molar-refractivity contribution in [1.29, 1.82) is 0 Å². The Kier molecular flexibility index (Phi) is 11.4. The number of aromatic nitrogens is 2. The zero-order valence-corrected chi connectivity index (χ0v) is 20.3. The van der Waals surface area contributed by atoms with Gasteiger partial charge in [-0.15, -0.1) is 0 Å². The number of unbranched alkanes of at least 4 members (excludes halogenated alkanes) is 6. The molecular weight excluding hydrogens is 459 g/mol. The Morgan fingerprint density at radius 1 is 1.12 bits per heavy atom. The van der Waals surface area contributed by atoms with Gasteiger partial charge < -0.3 is 10.5 Å². The van der Waals surface area contributed by atoms with Crippen LogP contribution >= 0.6 is 7.82 Å². The topological polar surface area (TPSA) is 115 Å². The van der Waals surface area contributed by atoms with Gasteiger partial charge in [-0.2, -0.15) is 4.98 Å². The van der Waals surface area contributed by atoms with Crippen molar-refractivity contribution < 1.29 is 31.7 Å². The maximum atomic E-state index is 14.6. The van der Waals surface area contributed by atoms with Crippen molar-refractivity contribution in [2.24, 2.45) is 0 Å². The number of nitrogens with zero attached hydrogens (tertiary/aromatic N) is 2. The molecule has 0 amide bonds. The van der Waals surface area contributed by atoms with Gasteiger partial charge in [0.15, 0.2) is 0 Å². The van der Waals surface area contributed by atoms with Crippen molar-refractivity contribution in [1.82, 2.24) is 9.55 Å². The highest BCUT2D eigenvalue weighted by Gasteiger charge is 2.52. The molecule has 1 aromatic heterocycles. The Labute approximate surface area is 193 Å². The Balaban J connectivity index is 1.96. The summed E-state index contributed by atoms with van der Waals surface area (Å²) in [7, 11) is -3.94. The minimum atomic E-state index is -3.94. The first kappa shape index (κ1) is 27.9. The number of rotatable bonds is 16. The molecule has 9 nitrogen and oxygen atoms in total. The highest BCUT2D eigenvalue weighted by Crippen LogP contribution is 2.51. The highest BCUT2D eigenvalue weighted by molar-refractivity contribution is 7.48. The fourth-order valence-corrected chi connectivity index (χ4v) is 4.68. The zero-order valence-electron chi connectivity index (χ0n) is 19.4. The van der Waals surface area contributed by atoms with E-state index < -0.39 is 44.8 Å². The van der Waals surface area contributed by atoms with Crippen LogP contribution in [0.15, 0.2) is 17.1 Å². The van der Waals surface area contributed by atoms with Gasteiger partial charge in [-0.25, -0.2) is 18.1 Å². The summed E-state index contributed by atoms with van der Waals surface area (Å²) in [6.07, 6.45) is 4.75. The first-order valence-corrected chi connectivity index (χ1v) is 13.1. The number of hydrogen-bond acceptors (Lipinski definition) is 8. The van der Waals surface area contributed by atoms with Crippen molar-refractivity contribution in [2.45, 2.75) is 89.9 Å². The van der Waals surface area contributed by atoms with E-state index in [1.807, 2.05) is 0 Å². The molecular formula is C21H36F2N3O6P. The molecule has 1 aliphatic rings. The van der Waals surface area contributed by atoms with Crippen LogP contribution in [0, 0.1) is 0 Å². The number of phosphoric ester groups is 1. The maximum absolute atomic E-state index is 14.6. The summed E-state index contributed by atoms with van der Waals surface area (Å²) < 4.78 is 64.5. The predicted molar refractivity (Wildman–Crippen MR) is 120 cm³/mol. The van der Waals surface area contributed by atoms with E-state index in [0.29, 0.717) is 17.4 Å². The molecule has 1 aliphatic heterocycles. The molecule has 33 heavy (non-hydrogen) atoms. The Morgan fingerprint density at radius 3 is 2.27 bits per heavy atom. The highest BCUT2D eigenvalue weighted by atomic mass is 31.2. The van der Waals surface area contributed by atoms with E-state index in [1.165, 1.54) is 6.07 Å². The molecule has 0 saturated carbocycles. The number of alkyl halides is 2. The molecule has 1 saturated heterocycles. The molecule has 190 valence electrons. The second-order valence-corrected chi connectivity index (χ2v) is 9.82. The molecule has 2 N–H and O–H groups in total. The number of ether oxygens (including phenoxy) is 1. The van der Waals surface area contributed by atoms with Gasteiger partial charge in [0.1, 0.15) is 5.82 Å². The second kappa shape index (κ2) is 13.5. The fourth-order valence-electron chi connectivity index (χ4n) is 3.40. The van der Waals surface area contributed by atoms with Crippen LogP contribution < -0.4 is 11.4 Å². The Bertz CT molecular complexity index is 807. The van der Waals surface area contributed by atoms with Crippen LogP contribution in [-0.2, 0) is 22.9 Å². The lowest BCUT2D eigenvalue weighted by atomic mass is 10.2. The molecule has 2 rings (SSSR count). The molecule has 12 heteroatoms. The predicted octanol–water partition coefficient (Wildman–Crippen LogP) is 5.07. The molecule has 1 fully saturated rings. The summed E-state index contributed by atoms with van der Waals surface area (Å²) >= 11 is 0. The standard InChI is InChI=1S/C21H36F2N3O6P/c1-3-5-7-9-13-29-33(28,30-14-10-8-6-4-2)31-16-17-15-21(22,23)19(32-17)26-12-11-18(24)25-20(26)27/h11-12,17,19H,3-10,13-16H2,1-2H3,(H2,24,25,27). The smallest absolute Gasteiger partial charge is 0.383 e. The normalized spacial score (nSPS) is 20.4. The van der Waals surface area contributed by atoms with Gasteiger partial charge in [-0.1, -0.05) is 52.4 Å². The summed E-state index contributed by atoms with van der Waals surface area (Å²) in [5, 5.41) is 0. The number of halogens is 2. The number of phosphoric acid groups is 1. The van der Waals surface area contributed by atoms with Gasteiger partial charge >= 0.3 is 13.5 Å². The van der Waals surface area contributed by atoms with Gasteiger partial charge in [-0.3, -0.25) is 18.1 Å². The molecule has 0 bridgehead atoms. The van der Waals surface area contributed by atoms with E-state index in [4.69, 9.17) is 24.0 Å². The lowest BCUT2D eigenvalue weighted by Gasteiger charge is -2.21. The maximum Gasteiger partial charge on any atom is 0.474 e. The van der Waals surface area contributed by atoms with E-state index >= 15 is 0 Å². The minimum Gasteiger partial charge on any atom is -0.383 e. The first-order chi connectivity index (χ1) is 15.7. The van der Waals surface area contributed by atoms with Gasteiger partial charge in [0.25, 0.3) is 5.92 Å². The van der Waals surface area contributed by atoms with Crippen LogP contribution in [-0.4, -0.2) is 41.4 Å². The number of nitrogens with two attached hydrogens (primary N) is 1. The second-order valence-electron chi connectivity index (χ2n) is 8.15. The number of hydrogen-bond donors (Lipinski definition) is 1. The molecule has 1 aromatic rings. The van der Waals surface area contributed by atoms with E-state index in [0.717, 1.165) is 44.7 Å². The largest absolute Gasteiger partial charge is 0.474 e. The fraction of sp³-hybridized carbons (Fsp3) is 0.810. The van der Waals surface area contributed by atoms with Crippen LogP contribution in [0.1, 0.15) is 77.9 Å². The molecule has 2 atom stereocenters. The van der Waals surface area contributed by atoms with E-state index in [9.17, 15) is 18.1 Å².